The second-order valence-electron chi connectivity index (χ2n) is 8.32. The Bertz CT molecular complexity index is 1150. The Hall–Kier alpha value is -3.33. The number of hydrogen-bond acceptors (Lipinski definition) is 4. The molecule has 1 fully saturated rings. The summed E-state index contributed by atoms with van der Waals surface area (Å²) in [6, 6.07) is 13.4. The second-order valence-corrected chi connectivity index (χ2v) is 8.32. The van der Waals surface area contributed by atoms with Crippen molar-refractivity contribution in [3.8, 4) is 17.1 Å². The van der Waals surface area contributed by atoms with Gasteiger partial charge in [-0.25, -0.2) is 0 Å². The molecule has 2 heterocycles. The minimum atomic E-state index is -4.45. The number of aryl methyl sites for hydroxylation is 1. The molecule has 9 heteroatoms. The number of rotatable bonds is 6. The summed E-state index contributed by atoms with van der Waals surface area (Å²) in [6.07, 6.45) is -4.45. The predicted molar refractivity (Wildman–Crippen MR) is 118 cm³/mol. The first kappa shape index (κ1) is 22.8. The van der Waals surface area contributed by atoms with E-state index in [4.69, 9.17) is 10.5 Å². The Morgan fingerprint density at radius 1 is 1.18 bits per heavy atom. The van der Waals surface area contributed by atoms with Gasteiger partial charge in [0.15, 0.2) is 6.61 Å². The molecule has 0 saturated carbocycles. The monoisotopic (exact) mass is 458 g/mol. The maximum atomic E-state index is 13.0. The lowest BCUT2D eigenvalue weighted by Crippen LogP contribution is -2.48. The first-order valence-corrected chi connectivity index (χ1v) is 10.6. The maximum Gasteiger partial charge on any atom is 0.422 e. The molecule has 6 nitrogen and oxygen atoms in total. The van der Waals surface area contributed by atoms with Gasteiger partial charge < -0.3 is 15.4 Å². The standard InChI is InChI=1S/C24H25F3N4O2/c1-14-3-6-18(9-20(14)21-15(2)22(30-29-21)33-13-24(25,26)27)23(32)31-11-19(12-31)17-7-4-16(10-28)5-8-17/h3-9,19H,10-13,28H2,1-2H3,(H,29,30). The van der Waals surface area contributed by atoms with Crippen LogP contribution >= 0.6 is 0 Å². The van der Waals surface area contributed by atoms with Crippen molar-refractivity contribution in [3.63, 3.8) is 0 Å². The summed E-state index contributed by atoms with van der Waals surface area (Å²) in [4.78, 5) is 14.8. The van der Waals surface area contributed by atoms with Gasteiger partial charge in [-0.05, 0) is 42.7 Å². The second kappa shape index (κ2) is 8.90. The lowest BCUT2D eigenvalue weighted by Gasteiger charge is -2.39. The number of likely N-dealkylation sites (tertiary alicyclic amines) is 1. The van der Waals surface area contributed by atoms with Crippen molar-refractivity contribution in [1.82, 2.24) is 15.1 Å². The normalized spacial score (nSPS) is 14.3. The van der Waals surface area contributed by atoms with Crippen molar-refractivity contribution in [2.75, 3.05) is 19.7 Å². The van der Waals surface area contributed by atoms with Crippen LogP contribution in [0, 0.1) is 13.8 Å². The van der Waals surface area contributed by atoms with Gasteiger partial charge in [-0.15, -0.1) is 5.10 Å². The van der Waals surface area contributed by atoms with Crippen molar-refractivity contribution in [2.24, 2.45) is 5.73 Å². The Morgan fingerprint density at radius 3 is 2.52 bits per heavy atom. The highest BCUT2D eigenvalue weighted by Gasteiger charge is 2.33. The highest BCUT2D eigenvalue weighted by Crippen LogP contribution is 2.33. The third-order valence-electron chi connectivity index (χ3n) is 5.95. The number of nitrogens with one attached hydrogen (secondary N) is 1. The van der Waals surface area contributed by atoms with Crippen LogP contribution in [0.15, 0.2) is 42.5 Å². The number of H-pyrrole nitrogens is 1. The van der Waals surface area contributed by atoms with E-state index in [-0.39, 0.29) is 17.7 Å². The predicted octanol–water partition coefficient (Wildman–Crippen LogP) is 4.33. The lowest BCUT2D eigenvalue weighted by molar-refractivity contribution is -0.154. The minimum absolute atomic E-state index is 0.0863. The first-order valence-electron chi connectivity index (χ1n) is 10.6. The topological polar surface area (TPSA) is 84.2 Å². The van der Waals surface area contributed by atoms with E-state index in [1.165, 1.54) is 5.56 Å². The van der Waals surface area contributed by atoms with Crippen LogP contribution < -0.4 is 10.5 Å². The zero-order valence-electron chi connectivity index (χ0n) is 18.4. The number of aromatic nitrogens is 2. The molecule has 2 aromatic carbocycles. The van der Waals surface area contributed by atoms with E-state index < -0.39 is 12.8 Å². The number of aromatic amines is 1. The molecule has 1 aliphatic heterocycles. The molecule has 0 unspecified atom stereocenters. The van der Waals surface area contributed by atoms with Crippen LogP contribution in [0.25, 0.3) is 11.3 Å². The summed E-state index contributed by atoms with van der Waals surface area (Å²) in [5.41, 5.74) is 11.0. The van der Waals surface area contributed by atoms with Crippen LogP contribution in [0.4, 0.5) is 13.2 Å². The average molecular weight is 458 g/mol. The molecule has 1 aliphatic rings. The van der Waals surface area contributed by atoms with E-state index in [9.17, 15) is 18.0 Å². The largest absolute Gasteiger partial charge is 0.467 e. The van der Waals surface area contributed by atoms with E-state index in [1.807, 2.05) is 25.1 Å². The molecule has 0 bridgehead atoms. The van der Waals surface area contributed by atoms with Crippen molar-refractivity contribution in [1.29, 1.82) is 0 Å². The summed E-state index contributed by atoms with van der Waals surface area (Å²) in [7, 11) is 0. The van der Waals surface area contributed by atoms with Crippen molar-refractivity contribution in [3.05, 3.63) is 70.3 Å². The smallest absolute Gasteiger partial charge is 0.422 e. The van der Waals surface area contributed by atoms with Crippen LogP contribution in [0.2, 0.25) is 0 Å². The minimum Gasteiger partial charge on any atom is -0.467 e. The van der Waals surface area contributed by atoms with Gasteiger partial charge in [-0.2, -0.15) is 13.2 Å². The molecule has 1 aromatic heterocycles. The highest BCUT2D eigenvalue weighted by molar-refractivity contribution is 5.96. The zero-order valence-corrected chi connectivity index (χ0v) is 18.4. The van der Waals surface area contributed by atoms with Crippen LogP contribution in [0.3, 0.4) is 0 Å². The van der Waals surface area contributed by atoms with Crippen molar-refractivity contribution < 1.29 is 22.7 Å². The molecule has 0 aliphatic carbocycles. The summed E-state index contributed by atoms with van der Waals surface area (Å²) in [6.45, 7) is 3.84. The fourth-order valence-electron chi connectivity index (χ4n) is 3.92. The number of carbonyl (C=O) groups is 1. The molecular formula is C24H25F3N4O2. The van der Waals surface area contributed by atoms with E-state index in [2.05, 4.69) is 22.3 Å². The summed E-state index contributed by atoms with van der Waals surface area (Å²) in [5, 5.41) is 6.63. The van der Waals surface area contributed by atoms with E-state index >= 15 is 0 Å². The van der Waals surface area contributed by atoms with Gasteiger partial charge in [-0.1, -0.05) is 30.3 Å². The Labute approximate surface area is 189 Å². The summed E-state index contributed by atoms with van der Waals surface area (Å²) >= 11 is 0. The Balaban J connectivity index is 1.47. The molecule has 3 N–H and O–H groups in total. The first-order chi connectivity index (χ1) is 15.7. The Kier molecular flexibility index (Phi) is 6.16. The van der Waals surface area contributed by atoms with E-state index in [0.29, 0.717) is 42.0 Å². The molecule has 0 spiro atoms. The molecule has 1 amide bonds. The number of alkyl halides is 3. The van der Waals surface area contributed by atoms with E-state index in [0.717, 1.165) is 11.1 Å². The molecular weight excluding hydrogens is 433 g/mol. The van der Waals surface area contributed by atoms with Crippen molar-refractivity contribution in [2.45, 2.75) is 32.5 Å². The van der Waals surface area contributed by atoms with E-state index in [1.54, 1.807) is 24.0 Å². The molecule has 3 aromatic rings. The fourth-order valence-corrected chi connectivity index (χ4v) is 3.92. The SMILES string of the molecule is Cc1ccc(C(=O)N2CC(c3ccc(CN)cc3)C2)cc1-c1[nH]nc(OCC(F)(F)F)c1C. The number of nitrogens with zero attached hydrogens (tertiary/aromatic N) is 2. The number of ether oxygens (including phenoxy) is 1. The van der Waals surface area contributed by atoms with Gasteiger partial charge in [0.25, 0.3) is 5.91 Å². The molecule has 174 valence electrons. The van der Waals surface area contributed by atoms with Crippen molar-refractivity contribution >= 4 is 5.91 Å². The molecule has 4 rings (SSSR count). The fraction of sp³-hybridized carbons (Fsp3) is 0.333. The Morgan fingerprint density at radius 2 is 1.88 bits per heavy atom. The zero-order chi connectivity index (χ0) is 23.8. The molecule has 0 atom stereocenters. The van der Waals surface area contributed by atoms with Gasteiger partial charge in [0.2, 0.25) is 5.88 Å². The third kappa shape index (κ3) is 4.88. The molecule has 0 radical (unpaired) electrons. The molecule has 1 saturated heterocycles. The van der Waals surface area contributed by atoms with Gasteiger partial charge in [-0.3, -0.25) is 9.89 Å². The van der Waals surface area contributed by atoms with Gasteiger partial charge in [0.1, 0.15) is 0 Å². The number of carbonyl (C=O) groups excluding carboxylic acids is 1. The van der Waals surface area contributed by atoms with Crippen LogP contribution in [0.1, 0.15) is 38.5 Å². The highest BCUT2D eigenvalue weighted by atomic mass is 19.4. The quantitative estimate of drug-likeness (QED) is 0.576. The molecule has 33 heavy (non-hydrogen) atoms. The third-order valence-corrected chi connectivity index (χ3v) is 5.95. The number of amides is 1. The maximum absolute atomic E-state index is 13.0. The van der Waals surface area contributed by atoms with Gasteiger partial charge >= 0.3 is 6.18 Å². The lowest BCUT2D eigenvalue weighted by atomic mass is 9.90. The van der Waals surface area contributed by atoms with Crippen LogP contribution in [-0.2, 0) is 6.54 Å². The number of hydrogen-bond donors (Lipinski definition) is 2. The van der Waals surface area contributed by atoms with Gasteiger partial charge in [0, 0.05) is 42.2 Å². The van der Waals surface area contributed by atoms with Gasteiger partial charge in [0.05, 0.1) is 5.69 Å². The summed E-state index contributed by atoms with van der Waals surface area (Å²) in [5.74, 6) is 0.0929. The number of benzene rings is 2. The number of nitrogens with two attached hydrogens (primary N) is 1. The number of halogens is 3. The van der Waals surface area contributed by atoms with Crippen LogP contribution in [0.5, 0.6) is 5.88 Å². The average Bonchev–Trinajstić information content (AvgIpc) is 3.11. The summed E-state index contributed by atoms with van der Waals surface area (Å²) < 4.78 is 42.3. The van der Waals surface area contributed by atoms with Crippen LogP contribution in [-0.4, -0.2) is 46.9 Å².